The van der Waals surface area contributed by atoms with Gasteiger partial charge in [-0.15, -0.1) is 0 Å². The molecule has 1 atom stereocenters. The van der Waals surface area contributed by atoms with Crippen molar-refractivity contribution in [2.24, 2.45) is 0 Å². The molecule has 0 aromatic heterocycles. The van der Waals surface area contributed by atoms with Crippen LogP contribution >= 0.6 is 27.5 Å². The highest BCUT2D eigenvalue weighted by Gasteiger charge is 2.15. The van der Waals surface area contributed by atoms with Gasteiger partial charge in [-0.25, -0.2) is 0 Å². The van der Waals surface area contributed by atoms with Crippen LogP contribution in [-0.4, -0.2) is 24.5 Å². The fourth-order valence-electron chi connectivity index (χ4n) is 0.922. The molecule has 0 fully saturated rings. The molecule has 0 heterocycles. The van der Waals surface area contributed by atoms with Gasteiger partial charge < -0.3 is 9.47 Å². The van der Waals surface area contributed by atoms with Crippen molar-refractivity contribution in [3.8, 4) is 5.75 Å². The number of halogens is 2. The van der Waals surface area contributed by atoms with E-state index in [9.17, 15) is 4.79 Å². The summed E-state index contributed by atoms with van der Waals surface area (Å²) < 4.78 is 9.87. The Morgan fingerprint density at radius 2 is 2.33 bits per heavy atom. The molecule has 1 rings (SSSR count). The van der Waals surface area contributed by atoms with Crippen molar-refractivity contribution in [1.82, 2.24) is 0 Å². The smallest absolute Gasteiger partial charge is 0.322 e. The van der Waals surface area contributed by atoms with E-state index in [4.69, 9.17) is 16.3 Å². The van der Waals surface area contributed by atoms with E-state index < -0.39 is 4.83 Å². The number of benzene rings is 1. The van der Waals surface area contributed by atoms with E-state index >= 15 is 0 Å². The number of carbonyl (C=O) groups is 1. The predicted octanol–water partition coefficient (Wildman–Crippen LogP) is 2.66. The van der Waals surface area contributed by atoms with Gasteiger partial charge in [0.15, 0.2) is 0 Å². The number of rotatable bonds is 4. The molecule has 0 spiro atoms. The number of esters is 1. The minimum absolute atomic E-state index is 0.201. The molecule has 5 heteroatoms. The van der Waals surface area contributed by atoms with Crippen molar-refractivity contribution in [3.63, 3.8) is 0 Å². The van der Waals surface area contributed by atoms with Crippen molar-refractivity contribution in [1.29, 1.82) is 0 Å². The molecule has 0 saturated heterocycles. The first-order chi connectivity index (χ1) is 7.13. The lowest BCUT2D eigenvalue weighted by Gasteiger charge is -2.09. The molecule has 82 valence electrons. The second-order valence-corrected chi connectivity index (χ2v) is 4.30. The standard InChI is InChI=1S/C10H10BrClO3/c1-14-10(13)9(11)6-15-8-4-2-3-7(12)5-8/h2-5,9H,6H2,1H3. The largest absolute Gasteiger partial charge is 0.492 e. The Morgan fingerprint density at radius 3 is 2.93 bits per heavy atom. The maximum absolute atomic E-state index is 11.0. The zero-order valence-electron chi connectivity index (χ0n) is 8.07. The Balaban J connectivity index is 2.47. The molecule has 0 amide bonds. The van der Waals surface area contributed by atoms with Gasteiger partial charge in [-0.1, -0.05) is 33.6 Å². The molecule has 1 unspecified atom stereocenters. The topological polar surface area (TPSA) is 35.5 Å². The SMILES string of the molecule is COC(=O)C(Br)COc1cccc(Cl)c1. The summed E-state index contributed by atoms with van der Waals surface area (Å²) in [5.74, 6) is 0.257. The third-order valence-electron chi connectivity index (χ3n) is 1.65. The van der Waals surface area contributed by atoms with Crippen LogP contribution in [0.4, 0.5) is 0 Å². The lowest BCUT2D eigenvalue weighted by molar-refractivity contribution is -0.140. The van der Waals surface area contributed by atoms with Crippen molar-refractivity contribution >= 4 is 33.5 Å². The minimum atomic E-state index is -0.471. The molecule has 0 saturated carbocycles. The molecule has 0 bridgehead atoms. The maximum Gasteiger partial charge on any atom is 0.322 e. The first-order valence-electron chi connectivity index (χ1n) is 4.23. The van der Waals surface area contributed by atoms with E-state index in [1.54, 1.807) is 24.3 Å². The molecule has 0 radical (unpaired) electrons. The average Bonchev–Trinajstić information content (AvgIpc) is 2.25. The molecule has 0 aliphatic heterocycles. The fraction of sp³-hybridized carbons (Fsp3) is 0.300. The summed E-state index contributed by atoms with van der Waals surface area (Å²) in [6, 6.07) is 6.97. The molecular weight excluding hydrogens is 283 g/mol. The Kier molecular flexibility index (Phi) is 4.91. The van der Waals surface area contributed by atoms with Gasteiger partial charge in [0, 0.05) is 5.02 Å². The third-order valence-corrected chi connectivity index (χ3v) is 2.52. The van der Waals surface area contributed by atoms with Crippen molar-refractivity contribution in [2.75, 3.05) is 13.7 Å². The van der Waals surface area contributed by atoms with Crippen molar-refractivity contribution in [3.05, 3.63) is 29.3 Å². The van der Waals surface area contributed by atoms with Gasteiger partial charge in [-0.2, -0.15) is 0 Å². The Bertz CT molecular complexity index is 343. The van der Waals surface area contributed by atoms with Gasteiger partial charge >= 0.3 is 5.97 Å². The van der Waals surface area contributed by atoms with Crippen LogP contribution in [0.25, 0.3) is 0 Å². The van der Waals surface area contributed by atoms with Gasteiger partial charge in [0.25, 0.3) is 0 Å². The minimum Gasteiger partial charge on any atom is -0.492 e. The van der Waals surface area contributed by atoms with Crippen molar-refractivity contribution < 1.29 is 14.3 Å². The highest BCUT2D eigenvalue weighted by Crippen LogP contribution is 2.18. The van der Waals surface area contributed by atoms with E-state index in [0.717, 1.165) is 0 Å². The lowest BCUT2D eigenvalue weighted by atomic mass is 10.3. The number of carbonyl (C=O) groups excluding carboxylic acids is 1. The average molecular weight is 294 g/mol. The third kappa shape index (κ3) is 4.10. The zero-order valence-corrected chi connectivity index (χ0v) is 10.4. The summed E-state index contributed by atoms with van der Waals surface area (Å²) in [6.07, 6.45) is 0. The summed E-state index contributed by atoms with van der Waals surface area (Å²) >= 11 is 8.91. The molecule has 15 heavy (non-hydrogen) atoms. The van der Waals surface area contributed by atoms with E-state index in [0.29, 0.717) is 10.8 Å². The summed E-state index contributed by atoms with van der Waals surface area (Å²) in [7, 11) is 1.33. The van der Waals surface area contributed by atoms with Crippen LogP contribution in [0.3, 0.4) is 0 Å². The number of alkyl halides is 1. The normalized spacial score (nSPS) is 11.9. The summed E-state index contributed by atoms with van der Waals surface area (Å²) in [5.41, 5.74) is 0. The van der Waals surface area contributed by atoms with Gasteiger partial charge in [0.1, 0.15) is 17.2 Å². The summed E-state index contributed by atoms with van der Waals surface area (Å²) in [6.45, 7) is 0.201. The van der Waals surface area contributed by atoms with Crippen LogP contribution in [0.1, 0.15) is 0 Å². The quantitative estimate of drug-likeness (QED) is 0.632. The number of hydrogen-bond donors (Lipinski definition) is 0. The van der Waals surface area contributed by atoms with Gasteiger partial charge in [-0.3, -0.25) is 4.79 Å². The fourth-order valence-corrected chi connectivity index (χ4v) is 1.42. The molecule has 0 aliphatic carbocycles. The first-order valence-corrected chi connectivity index (χ1v) is 5.53. The van der Waals surface area contributed by atoms with Crippen LogP contribution < -0.4 is 4.74 Å². The van der Waals surface area contributed by atoms with E-state index in [1.807, 2.05) is 0 Å². The van der Waals surface area contributed by atoms with Crippen LogP contribution in [-0.2, 0) is 9.53 Å². The highest BCUT2D eigenvalue weighted by molar-refractivity contribution is 9.10. The molecule has 1 aromatic carbocycles. The Labute approximate surface area is 101 Å². The van der Waals surface area contributed by atoms with E-state index in [-0.39, 0.29) is 12.6 Å². The molecule has 0 aliphatic rings. The second-order valence-electron chi connectivity index (χ2n) is 2.76. The summed E-state index contributed by atoms with van der Waals surface area (Å²) in [4.78, 5) is 10.6. The Morgan fingerprint density at radius 1 is 1.60 bits per heavy atom. The highest BCUT2D eigenvalue weighted by atomic mass is 79.9. The lowest BCUT2D eigenvalue weighted by Crippen LogP contribution is -2.22. The molecule has 3 nitrogen and oxygen atoms in total. The Hall–Kier alpha value is -0.740. The van der Waals surface area contributed by atoms with E-state index in [1.165, 1.54) is 7.11 Å². The molecule has 0 N–H and O–H groups in total. The molecular formula is C10H10BrClO3. The zero-order chi connectivity index (χ0) is 11.3. The van der Waals surface area contributed by atoms with Crippen LogP contribution in [0.5, 0.6) is 5.75 Å². The summed E-state index contributed by atoms with van der Waals surface area (Å²) in [5, 5.41) is 0.594. The predicted molar refractivity (Wildman–Crippen MR) is 61.7 cm³/mol. The van der Waals surface area contributed by atoms with Crippen molar-refractivity contribution in [2.45, 2.75) is 4.83 Å². The maximum atomic E-state index is 11.0. The second kappa shape index (κ2) is 5.98. The van der Waals surface area contributed by atoms with Gasteiger partial charge in [0.2, 0.25) is 0 Å². The van der Waals surface area contributed by atoms with Crippen LogP contribution in [0, 0.1) is 0 Å². The molecule has 1 aromatic rings. The van der Waals surface area contributed by atoms with Gasteiger partial charge in [0.05, 0.1) is 7.11 Å². The van der Waals surface area contributed by atoms with E-state index in [2.05, 4.69) is 20.7 Å². The van der Waals surface area contributed by atoms with Gasteiger partial charge in [-0.05, 0) is 18.2 Å². The number of ether oxygens (including phenoxy) is 2. The number of methoxy groups -OCH3 is 1. The van der Waals surface area contributed by atoms with Crippen LogP contribution in [0.15, 0.2) is 24.3 Å². The number of hydrogen-bond acceptors (Lipinski definition) is 3. The first kappa shape index (κ1) is 12.3. The monoisotopic (exact) mass is 292 g/mol. The van der Waals surface area contributed by atoms with Crippen LogP contribution in [0.2, 0.25) is 5.02 Å².